The number of nitriles is 1. The summed E-state index contributed by atoms with van der Waals surface area (Å²) in [7, 11) is -0.826. The van der Waals surface area contributed by atoms with Gasteiger partial charge < -0.3 is 25.0 Å². The van der Waals surface area contributed by atoms with Crippen LogP contribution in [0, 0.1) is 24.2 Å². The maximum absolute atomic E-state index is 9.72. The molecule has 0 aliphatic carbocycles. The van der Waals surface area contributed by atoms with E-state index in [2.05, 4.69) is 26.7 Å². The van der Waals surface area contributed by atoms with Crippen molar-refractivity contribution in [3.05, 3.63) is 35.5 Å². The summed E-state index contributed by atoms with van der Waals surface area (Å²) in [5.74, 6) is 1.58. The van der Waals surface area contributed by atoms with E-state index >= 15 is 0 Å². The molecule has 2 aromatic rings. The van der Waals surface area contributed by atoms with Crippen LogP contribution in [0.15, 0.2) is 24.4 Å². The number of anilines is 3. The van der Waals surface area contributed by atoms with Crippen LogP contribution in [0.1, 0.15) is 17.5 Å². The van der Waals surface area contributed by atoms with E-state index in [0.717, 1.165) is 11.1 Å². The summed E-state index contributed by atoms with van der Waals surface area (Å²) in [5, 5.41) is 25.6. The van der Waals surface area contributed by atoms with Gasteiger partial charge in [-0.2, -0.15) is 10.2 Å². The second kappa shape index (κ2) is 7.43. The van der Waals surface area contributed by atoms with E-state index in [1.54, 1.807) is 6.20 Å². The van der Waals surface area contributed by atoms with Gasteiger partial charge in [0.2, 0.25) is 5.95 Å². The van der Waals surface area contributed by atoms with E-state index < -0.39 is 7.12 Å². The molecule has 3 N–H and O–H groups in total. The van der Waals surface area contributed by atoms with Crippen molar-refractivity contribution < 1.29 is 14.4 Å². The van der Waals surface area contributed by atoms with Crippen LogP contribution in [0.5, 0.6) is 5.75 Å². The van der Waals surface area contributed by atoms with Crippen LogP contribution in [0.4, 0.5) is 17.5 Å². The van der Waals surface area contributed by atoms with Gasteiger partial charge in [0.15, 0.2) is 0 Å². The van der Waals surface area contributed by atoms with Crippen molar-refractivity contribution in [3.63, 3.8) is 0 Å². The Kier molecular flexibility index (Phi) is 4.84. The minimum absolute atomic E-state index is 0.107. The maximum atomic E-state index is 9.72. The van der Waals surface area contributed by atoms with Crippen LogP contribution in [0.2, 0.25) is 0 Å². The highest BCUT2D eigenvalue weighted by atomic mass is 16.5. The minimum Gasteiger partial charge on any atom is -0.534 e. The third-order valence-corrected chi connectivity index (χ3v) is 4.81. The summed E-state index contributed by atoms with van der Waals surface area (Å²) < 4.78 is 11.0. The zero-order valence-electron chi connectivity index (χ0n) is 15.0. The highest BCUT2D eigenvalue weighted by molar-refractivity contribution is 6.45. The molecule has 2 atom stereocenters. The van der Waals surface area contributed by atoms with Gasteiger partial charge in [0.1, 0.15) is 11.6 Å². The first-order valence-electron chi connectivity index (χ1n) is 8.95. The van der Waals surface area contributed by atoms with Crippen LogP contribution in [-0.2, 0) is 11.1 Å². The highest BCUT2D eigenvalue weighted by Crippen LogP contribution is 2.35. The fraction of sp³-hybridized carbons (Fsp3) is 0.389. The number of aryl methyl sites for hydroxylation is 1. The summed E-state index contributed by atoms with van der Waals surface area (Å²) >= 11 is 0. The van der Waals surface area contributed by atoms with E-state index in [1.807, 2.05) is 25.1 Å². The molecule has 0 bridgehead atoms. The number of aromatic nitrogens is 2. The summed E-state index contributed by atoms with van der Waals surface area (Å²) in [4.78, 5) is 8.89. The first-order chi connectivity index (χ1) is 13.1. The number of benzene rings is 1. The standard InChI is InChI=1S/C18H20BN5O3/c1-11-9-21-18(23-14-4-2-3-12-7-19(25)27-16(12)14)24-17(11)22-15-10-26-6-5-13(15)8-20/h2-4,9,13,15,25H,5-7,10H2,1H3,(H2,21,22,23,24)/t13-,15+/m0/s1. The molecule has 0 saturated carbocycles. The Morgan fingerprint density at radius 1 is 1.41 bits per heavy atom. The lowest BCUT2D eigenvalue weighted by Crippen LogP contribution is -2.38. The number of rotatable bonds is 4. The van der Waals surface area contributed by atoms with Crippen molar-refractivity contribution in [2.75, 3.05) is 23.8 Å². The van der Waals surface area contributed by atoms with Crippen LogP contribution in [0.3, 0.4) is 0 Å². The Morgan fingerprint density at radius 3 is 3.15 bits per heavy atom. The molecule has 0 radical (unpaired) electrons. The quantitative estimate of drug-likeness (QED) is 0.704. The average Bonchev–Trinajstić information content (AvgIpc) is 3.06. The van der Waals surface area contributed by atoms with E-state index in [9.17, 15) is 10.3 Å². The molecule has 138 valence electrons. The van der Waals surface area contributed by atoms with Crippen molar-refractivity contribution in [2.24, 2.45) is 5.92 Å². The second-order valence-corrected chi connectivity index (χ2v) is 6.77. The molecule has 0 unspecified atom stereocenters. The van der Waals surface area contributed by atoms with E-state index in [0.29, 0.717) is 49.2 Å². The van der Waals surface area contributed by atoms with Gasteiger partial charge in [0.05, 0.1) is 30.3 Å². The summed E-state index contributed by atoms with van der Waals surface area (Å²) in [6.45, 7) is 3.00. The second-order valence-electron chi connectivity index (χ2n) is 6.77. The molecule has 1 saturated heterocycles. The maximum Gasteiger partial charge on any atom is 0.527 e. The molecule has 4 rings (SSSR count). The topological polar surface area (TPSA) is 112 Å². The number of fused-ring (bicyclic) bond motifs is 1. The van der Waals surface area contributed by atoms with Crippen molar-refractivity contribution in [2.45, 2.75) is 25.7 Å². The van der Waals surface area contributed by atoms with Crippen LogP contribution < -0.4 is 15.3 Å². The monoisotopic (exact) mass is 365 g/mol. The van der Waals surface area contributed by atoms with Gasteiger partial charge >= 0.3 is 7.12 Å². The lowest BCUT2D eigenvalue weighted by Gasteiger charge is -2.28. The number of para-hydroxylation sites is 1. The molecular formula is C18H20BN5O3. The van der Waals surface area contributed by atoms with Gasteiger partial charge in [-0.25, -0.2) is 4.98 Å². The predicted octanol–water partition coefficient (Wildman–Crippen LogP) is 1.82. The van der Waals surface area contributed by atoms with Gasteiger partial charge in [0.25, 0.3) is 0 Å². The lowest BCUT2D eigenvalue weighted by molar-refractivity contribution is 0.0698. The largest absolute Gasteiger partial charge is 0.534 e. The Morgan fingerprint density at radius 2 is 2.30 bits per heavy atom. The molecule has 1 fully saturated rings. The normalized spacial score (nSPS) is 21.1. The van der Waals surface area contributed by atoms with E-state index in [1.165, 1.54) is 0 Å². The highest BCUT2D eigenvalue weighted by Gasteiger charge is 2.29. The third-order valence-electron chi connectivity index (χ3n) is 4.81. The zero-order valence-corrected chi connectivity index (χ0v) is 15.0. The first kappa shape index (κ1) is 17.6. The Balaban J connectivity index is 1.55. The molecule has 0 amide bonds. The molecule has 1 aromatic carbocycles. The average molecular weight is 365 g/mol. The fourth-order valence-electron chi connectivity index (χ4n) is 3.33. The third kappa shape index (κ3) is 3.67. The Bertz CT molecular complexity index is 888. The molecule has 2 aliphatic heterocycles. The summed E-state index contributed by atoms with van der Waals surface area (Å²) in [6, 6.07) is 7.90. The van der Waals surface area contributed by atoms with Crippen molar-refractivity contribution in [3.8, 4) is 11.8 Å². The van der Waals surface area contributed by atoms with Gasteiger partial charge in [-0.15, -0.1) is 0 Å². The van der Waals surface area contributed by atoms with Gasteiger partial charge in [-0.05, 0) is 25.0 Å². The first-order valence-corrected chi connectivity index (χ1v) is 8.95. The molecule has 1 aromatic heterocycles. The fourth-order valence-corrected chi connectivity index (χ4v) is 3.33. The lowest BCUT2D eigenvalue weighted by atomic mass is 9.85. The van der Waals surface area contributed by atoms with Crippen molar-refractivity contribution in [1.29, 1.82) is 5.26 Å². The van der Waals surface area contributed by atoms with Gasteiger partial charge in [-0.1, -0.05) is 12.1 Å². The van der Waals surface area contributed by atoms with Crippen molar-refractivity contribution in [1.82, 2.24) is 9.97 Å². The Labute approximate surface area is 157 Å². The summed E-state index contributed by atoms with van der Waals surface area (Å²) in [6.07, 6.45) is 2.89. The molecule has 27 heavy (non-hydrogen) atoms. The summed E-state index contributed by atoms with van der Waals surface area (Å²) in [5.41, 5.74) is 2.52. The minimum atomic E-state index is -0.826. The smallest absolute Gasteiger partial charge is 0.527 e. The van der Waals surface area contributed by atoms with Crippen LogP contribution in [-0.4, -0.2) is 41.4 Å². The molecule has 9 heteroatoms. The number of ether oxygens (including phenoxy) is 1. The van der Waals surface area contributed by atoms with Crippen LogP contribution >= 0.6 is 0 Å². The molecule has 3 heterocycles. The van der Waals surface area contributed by atoms with Crippen LogP contribution in [0.25, 0.3) is 0 Å². The molecular weight excluding hydrogens is 345 g/mol. The predicted molar refractivity (Wildman–Crippen MR) is 101 cm³/mol. The number of nitrogens with one attached hydrogen (secondary N) is 2. The molecule has 8 nitrogen and oxygen atoms in total. The van der Waals surface area contributed by atoms with E-state index in [4.69, 9.17) is 9.39 Å². The molecule has 2 aliphatic rings. The Hall–Kier alpha value is -2.83. The SMILES string of the molecule is Cc1cnc(Nc2cccc3c2OB(O)C3)nc1N[C@@H]1COCC[C@H]1C#N. The zero-order chi connectivity index (χ0) is 18.8. The van der Waals surface area contributed by atoms with Gasteiger partial charge in [-0.3, -0.25) is 0 Å². The number of hydrogen-bond acceptors (Lipinski definition) is 8. The molecule has 0 spiro atoms. The number of nitrogens with zero attached hydrogens (tertiary/aromatic N) is 3. The van der Waals surface area contributed by atoms with E-state index in [-0.39, 0.29) is 12.0 Å². The number of hydrogen-bond donors (Lipinski definition) is 3. The van der Waals surface area contributed by atoms with Gasteiger partial charge in [0, 0.05) is 24.7 Å². The van der Waals surface area contributed by atoms with Crippen molar-refractivity contribution >= 4 is 24.6 Å².